The number of rotatable bonds is 5. The molecule has 1 atom stereocenters. The molecule has 3 rings (SSSR count). The highest BCUT2D eigenvalue weighted by atomic mass is 19.1. The molecule has 0 saturated heterocycles. The molecule has 0 bridgehead atoms. The fourth-order valence-electron chi connectivity index (χ4n) is 2.48. The fourth-order valence-corrected chi connectivity index (χ4v) is 2.48. The summed E-state index contributed by atoms with van der Waals surface area (Å²) in [6, 6.07) is 16.5. The third kappa shape index (κ3) is 4.03. The topological polar surface area (TPSA) is 54.0 Å². The van der Waals surface area contributed by atoms with Gasteiger partial charge in [-0.25, -0.2) is 13.8 Å². The van der Waals surface area contributed by atoms with Crippen molar-refractivity contribution in [3.63, 3.8) is 0 Å². The van der Waals surface area contributed by atoms with Crippen molar-refractivity contribution in [3.05, 3.63) is 89.8 Å². The van der Waals surface area contributed by atoms with Crippen molar-refractivity contribution in [2.24, 2.45) is 0 Å². The number of benzene rings is 2. The number of nitrogens with zero attached hydrogens (tertiary/aromatic N) is 1. The summed E-state index contributed by atoms with van der Waals surface area (Å²) in [5, 5.41) is 5.49. The molecule has 0 fully saturated rings. The molecule has 0 aliphatic heterocycles. The molecule has 2 aromatic carbocycles. The number of anilines is 2. The molecule has 1 aromatic heterocycles. The number of pyridine rings is 1. The highest BCUT2D eigenvalue weighted by molar-refractivity contribution is 6.03. The summed E-state index contributed by atoms with van der Waals surface area (Å²) in [7, 11) is 0. The standard InChI is InChI=1S/C20H17F2N3O/c1-13(14-6-3-2-4-7-14)24-15-10-11-18(23-12-15)20(26)25-19-16(21)8-5-9-17(19)22/h2-13,24H,1H3,(H,25,26). The lowest BCUT2D eigenvalue weighted by Crippen LogP contribution is -2.16. The second-order valence-corrected chi connectivity index (χ2v) is 5.76. The smallest absolute Gasteiger partial charge is 0.274 e. The summed E-state index contributed by atoms with van der Waals surface area (Å²) in [5.74, 6) is -2.36. The van der Waals surface area contributed by atoms with Gasteiger partial charge in [0, 0.05) is 6.04 Å². The monoisotopic (exact) mass is 353 g/mol. The minimum atomic E-state index is -0.840. The minimum absolute atomic E-state index is 0.0604. The Labute approximate surface area is 149 Å². The van der Waals surface area contributed by atoms with Crippen LogP contribution in [0.15, 0.2) is 66.9 Å². The van der Waals surface area contributed by atoms with Crippen LogP contribution in [-0.2, 0) is 0 Å². The molecule has 3 aromatic rings. The van der Waals surface area contributed by atoms with Crippen LogP contribution < -0.4 is 10.6 Å². The van der Waals surface area contributed by atoms with Crippen molar-refractivity contribution in [1.82, 2.24) is 4.98 Å². The Hall–Kier alpha value is -3.28. The molecule has 1 heterocycles. The van der Waals surface area contributed by atoms with Gasteiger partial charge in [-0.1, -0.05) is 36.4 Å². The summed E-state index contributed by atoms with van der Waals surface area (Å²) < 4.78 is 27.2. The molecule has 0 aliphatic rings. The van der Waals surface area contributed by atoms with Gasteiger partial charge in [-0.05, 0) is 36.8 Å². The van der Waals surface area contributed by atoms with E-state index in [4.69, 9.17) is 0 Å². The van der Waals surface area contributed by atoms with Crippen LogP contribution in [0.4, 0.5) is 20.2 Å². The summed E-state index contributed by atoms with van der Waals surface area (Å²) in [5.41, 5.74) is 1.42. The summed E-state index contributed by atoms with van der Waals surface area (Å²) in [4.78, 5) is 16.2. The Kier molecular flexibility index (Phi) is 5.22. The Bertz CT molecular complexity index is 878. The molecule has 0 spiro atoms. The molecular formula is C20H17F2N3O. The van der Waals surface area contributed by atoms with Crippen molar-refractivity contribution in [2.45, 2.75) is 13.0 Å². The van der Waals surface area contributed by atoms with Crippen LogP contribution in [0.25, 0.3) is 0 Å². The molecule has 2 N–H and O–H groups in total. The third-order valence-corrected chi connectivity index (χ3v) is 3.88. The van der Waals surface area contributed by atoms with Crippen molar-refractivity contribution in [3.8, 4) is 0 Å². The third-order valence-electron chi connectivity index (χ3n) is 3.88. The van der Waals surface area contributed by atoms with Crippen LogP contribution in [0.2, 0.25) is 0 Å². The first kappa shape index (κ1) is 17.5. The van der Waals surface area contributed by atoms with E-state index < -0.39 is 23.2 Å². The largest absolute Gasteiger partial charge is 0.377 e. The first-order valence-corrected chi connectivity index (χ1v) is 8.07. The van der Waals surface area contributed by atoms with Crippen LogP contribution in [0.3, 0.4) is 0 Å². The van der Waals surface area contributed by atoms with E-state index in [0.717, 1.165) is 23.4 Å². The maximum absolute atomic E-state index is 13.6. The van der Waals surface area contributed by atoms with Crippen LogP contribution in [0.5, 0.6) is 0 Å². The van der Waals surface area contributed by atoms with Gasteiger partial charge in [-0.2, -0.15) is 0 Å². The molecule has 1 unspecified atom stereocenters. The van der Waals surface area contributed by atoms with Gasteiger partial charge in [0.2, 0.25) is 0 Å². The lowest BCUT2D eigenvalue weighted by atomic mass is 10.1. The maximum Gasteiger partial charge on any atom is 0.274 e. The molecule has 132 valence electrons. The van der Waals surface area contributed by atoms with E-state index in [2.05, 4.69) is 15.6 Å². The molecule has 0 saturated carbocycles. The van der Waals surface area contributed by atoms with E-state index in [0.29, 0.717) is 0 Å². The summed E-state index contributed by atoms with van der Waals surface area (Å²) in [6.07, 6.45) is 1.51. The van der Waals surface area contributed by atoms with E-state index in [9.17, 15) is 13.6 Å². The van der Waals surface area contributed by atoms with Crippen molar-refractivity contribution in [1.29, 1.82) is 0 Å². The van der Waals surface area contributed by atoms with Gasteiger partial charge in [0.15, 0.2) is 0 Å². The van der Waals surface area contributed by atoms with Gasteiger partial charge in [-0.3, -0.25) is 4.79 Å². The number of hydrogen-bond acceptors (Lipinski definition) is 3. The summed E-state index contributed by atoms with van der Waals surface area (Å²) in [6.45, 7) is 2.01. The lowest BCUT2D eigenvalue weighted by molar-refractivity contribution is 0.102. The lowest BCUT2D eigenvalue weighted by Gasteiger charge is -2.15. The average Bonchev–Trinajstić information content (AvgIpc) is 2.66. The molecule has 6 heteroatoms. The average molecular weight is 353 g/mol. The van der Waals surface area contributed by atoms with Crippen LogP contribution >= 0.6 is 0 Å². The predicted octanol–water partition coefficient (Wildman–Crippen LogP) is 4.79. The highest BCUT2D eigenvalue weighted by Gasteiger charge is 2.14. The van der Waals surface area contributed by atoms with Crippen LogP contribution in [0.1, 0.15) is 29.0 Å². The van der Waals surface area contributed by atoms with Gasteiger partial charge < -0.3 is 10.6 Å². The van der Waals surface area contributed by atoms with Gasteiger partial charge in [0.25, 0.3) is 5.91 Å². The molecule has 26 heavy (non-hydrogen) atoms. The van der Waals surface area contributed by atoms with Crippen LogP contribution in [-0.4, -0.2) is 10.9 Å². The maximum atomic E-state index is 13.6. The predicted molar refractivity (Wildman–Crippen MR) is 97.0 cm³/mol. The van der Waals surface area contributed by atoms with E-state index >= 15 is 0 Å². The van der Waals surface area contributed by atoms with E-state index in [1.807, 2.05) is 37.3 Å². The zero-order valence-electron chi connectivity index (χ0n) is 14.0. The molecule has 0 aliphatic carbocycles. The zero-order chi connectivity index (χ0) is 18.5. The Morgan fingerprint density at radius 1 is 0.962 bits per heavy atom. The van der Waals surface area contributed by atoms with Gasteiger partial charge in [-0.15, -0.1) is 0 Å². The number of carbonyl (C=O) groups is 1. The van der Waals surface area contributed by atoms with E-state index in [-0.39, 0.29) is 11.7 Å². The highest BCUT2D eigenvalue weighted by Crippen LogP contribution is 2.20. The quantitative estimate of drug-likeness (QED) is 0.694. The number of halogens is 2. The second kappa shape index (κ2) is 7.74. The second-order valence-electron chi connectivity index (χ2n) is 5.76. The number of hydrogen-bond donors (Lipinski definition) is 2. The Balaban J connectivity index is 1.68. The molecule has 1 amide bonds. The van der Waals surface area contributed by atoms with Gasteiger partial charge in [0.05, 0.1) is 11.9 Å². The normalized spacial score (nSPS) is 11.7. The fraction of sp³-hybridized carbons (Fsp3) is 0.100. The first-order valence-electron chi connectivity index (χ1n) is 8.07. The zero-order valence-corrected chi connectivity index (χ0v) is 14.0. The molecule has 4 nitrogen and oxygen atoms in total. The van der Waals surface area contributed by atoms with E-state index in [1.54, 1.807) is 6.07 Å². The Morgan fingerprint density at radius 2 is 1.65 bits per heavy atom. The van der Waals surface area contributed by atoms with Crippen molar-refractivity contribution < 1.29 is 13.6 Å². The van der Waals surface area contributed by atoms with E-state index in [1.165, 1.54) is 18.3 Å². The van der Waals surface area contributed by atoms with Crippen molar-refractivity contribution in [2.75, 3.05) is 10.6 Å². The minimum Gasteiger partial charge on any atom is -0.377 e. The molecule has 0 radical (unpaired) electrons. The summed E-state index contributed by atoms with van der Waals surface area (Å²) >= 11 is 0. The first-order chi connectivity index (χ1) is 12.5. The SMILES string of the molecule is CC(Nc1ccc(C(=O)Nc2c(F)cccc2F)nc1)c1ccccc1. The van der Waals surface area contributed by atoms with Gasteiger partial charge in [0.1, 0.15) is 23.0 Å². The number of nitrogens with one attached hydrogen (secondary N) is 2. The molecular weight excluding hydrogens is 336 g/mol. The Morgan fingerprint density at radius 3 is 2.27 bits per heavy atom. The van der Waals surface area contributed by atoms with Gasteiger partial charge >= 0.3 is 0 Å². The number of carbonyl (C=O) groups excluding carboxylic acids is 1. The number of para-hydroxylation sites is 1. The number of aromatic nitrogens is 1. The number of amides is 1. The van der Waals surface area contributed by atoms with Crippen molar-refractivity contribution >= 4 is 17.3 Å². The van der Waals surface area contributed by atoms with Crippen LogP contribution in [0, 0.1) is 11.6 Å².